The summed E-state index contributed by atoms with van der Waals surface area (Å²) in [4.78, 5) is 18.9. The number of halogens is 1. The quantitative estimate of drug-likeness (QED) is 0.443. The molecule has 6 nitrogen and oxygen atoms in total. The highest BCUT2D eigenvalue weighted by Crippen LogP contribution is 2.38. The first kappa shape index (κ1) is 27.0. The molecule has 2 aliphatic heterocycles. The number of benzene rings is 2. The minimum atomic E-state index is -3.63. The lowest BCUT2D eigenvalue weighted by molar-refractivity contribution is -0.132. The van der Waals surface area contributed by atoms with Gasteiger partial charge in [-0.25, -0.2) is 12.8 Å². The van der Waals surface area contributed by atoms with Gasteiger partial charge in [-0.15, -0.1) is 11.3 Å². The van der Waals surface area contributed by atoms with Crippen LogP contribution in [0.3, 0.4) is 0 Å². The Hall–Kier alpha value is -2.59. The normalized spacial score (nSPS) is 18.9. The topological polar surface area (TPSA) is 60.9 Å². The lowest BCUT2D eigenvalue weighted by atomic mass is 9.93. The van der Waals surface area contributed by atoms with Crippen LogP contribution in [-0.4, -0.2) is 67.7 Å². The Morgan fingerprint density at radius 2 is 1.71 bits per heavy atom. The zero-order valence-corrected chi connectivity index (χ0v) is 23.7. The Kier molecular flexibility index (Phi) is 7.73. The van der Waals surface area contributed by atoms with Gasteiger partial charge in [-0.2, -0.15) is 4.31 Å². The standard InChI is InChI=1S/C29H34FN3O3S2/c1-20-17-21(2)29(22(3)18-20)38(35,36)33-14-12-31(13-15-33)27(34)8-11-32-10-7-26-25(9-16-37-26)28(32)23-5-4-6-24(30)19-23/h4-6,9,16-19,28H,7-8,10-15H2,1-3H3. The molecule has 3 aromatic rings. The van der Waals surface area contributed by atoms with Crippen molar-refractivity contribution in [3.63, 3.8) is 0 Å². The summed E-state index contributed by atoms with van der Waals surface area (Å²) in [6.07, 6.45) is 1.26. The van der Waals surface area contributed by atoms with Crippen molar-refractivity contribution in [3.8, 4) is 0 Å². The number of rotatable bonds is 6. The first-order valence-corrected chi connectivity index (χ1v) is 15.4. The highest BCUT2D eigenvalue weighted by Gasteiger charge is 2.33. The molecule has 1 aromatic heterocycles. The van der Waals surface area contributed by atoms with E-state index < -0.39 is 10.0 Å². The van der Waals surface area contributed by atoms with Crippen LogP contribution in [0.2, 0.25) is 0 Å². The Morgan fingerprint density at radius 1 is 1.00 bits per heavy atom. The van der Waals surface area contributed by atoms with Crippen LogP contribution < -0.4 is 0 Å². The van der Waals surface area contributed by atoms with Crippen LogP contribution in [-0.2, 0) is 21.2 Å². The van der Waals surface area contributed by atoms with Gasteiger partial charge in [-0.05, 0) is 73.0 Å². The second-order valence-corrected chi connectivity index (χ2v) is 13.2. The molecule has 9 heteroatoms. The molecule has 0 saturated carbocycles. The molecule has 1 unspecified atom stereocenters. The van der Waals surface area contributed by atoms with Crippen molar-refractivity contribution < 1.29 is 17.6 Å². The molecule has 202 valence electrons. The number of hydrogen-bond acceptors (Lipinski definition) is 5. The van der Waals surface area contributed by atoms with E-state index in [-0.39, 0.29) is 30.9 Å². The number of carbonyl (C=O) groups excluding carboxylic acids is 1. The van der Waals surface area contributed by atoms with E-state index in [1.54, 1.807) is 28.4 Å². The molecule has 2 aromatic carbocycles. The summed E-state index contributed by atoms with van der Waals surface area (Å²) in [7, 11) is -3.63. The maximum atomic E-state index is 14.1. The van der Waals surface area contributed by atoms with Gasteiger partial charge in [0, 0.05) is 50.6 Å². The number of nitrogens with zero attached hydrogens (tertiary/aromatic N) is 3. The van der Waals surface area contributed by atoms with Crippen molar-refractivity contribution in [2.24, 2.45) is 0 Å². The van der Waals surface area contributed by atoms with Crippen LogP contribution in [0.15, 0.2) is 52.7 Å². The third-order valence-electron chi connectivity index (χ3n) is 7.64. The van der Waals surface area contributed by atoms with Gasteiger partial charge in [0.25, 0.3) is 0 Å². The largest absolute Gasteiger partial charge is 0.340 e. The van der Waals surface area contributed by atoms with E-state index in [0.29, 0.717) is 31.0 Å². The molecule has 0 bridgehead atoms. The minimum absolute atomic E-state index is 0.0267. The van der Waals surface area contributed by atoms with Gasteiger partial charge in [0.15, 0.2) is 0 Å². The molecule has 5 rings (SSSR count). The van der Waals surface area contributed by atoms with Crippen molar-refractivity contribution in [1.82, 2.24) is 14.1 Å². The number of hydrogen-bond donors (Lipinski definition) is 0. The van der Waals surface area contributed by atoms with Gasteiger partial charge in [0.2, 0.25) is 15.9 Å². The van der Waals surface area contributed by atoms with E-state index in [0.717, 1.165) is 35.2 Å². The van der Waals surface area contributed by atoms with Gasteiger partial charge in [0.05, 0.1) is 10.9 Å². The van der Waals surface area contributed by atoms with Gasteiger partial charge in [0.1, 0.15) is 5.82 Å². The average molecular weight is 556 g/mol. The van der Waals surface area contributed by atoms with Gasteiger partial charge in [-0.3, -0.25) is 9.69 Å². The summed E-state index contributed by atoms with van der Waals surface area (Å²) in [5.41, 5.74) is 4.64. The predicted octanol–water partition coefficient (Wildman–Crippen LogP) is 4.68. The summed E-state index contributed by atoms with van der Waals surface area (Å²) in [6.45, 7) is 8.34. The van der Waals surface area contributed by atoms with Crippen molar-refractivity contribution in [3.05, 3.63) is 86.4 Å². The minimum Gasteiger partial charge on any atom is -0.340 e. The van der Waals surface area contributed by atoms with Crippen LogP contribution in [0.4, 0.5) is 4.39 Å². The Morgan fingerprint density at radius 3 is 2.39 bits per heavy atom. The molecule has 1 amide bonds. The SMILES string of the molecule is Cc1cc(C)c(S(=O)(=O)N2CCN(C(=O)CCN3CCc4sccc4C3c3cccc(F)c3)CC2)c(C)c1. The fourth-order valence-corrected chi connectivity index (χ4v) is 8.69. The van der Waals surface area contributed by atoms with E-state index >= 15 is 0 Å². The monoisotopic (exact) mass is 555 g/mol. The number of piperazine rings is 1. The summed E-state index contributed by atoms with van der Waals surface area (Å²) in [5, 5.41) is 2.08. The van der Waals surface area contributed by atoms with Gasteiger partial charge < -0.3 is 4.90 Å². The van der Waals surface area contributed by atoms with E-state index in [2.05, 4.69) is 16.3 Å². The van der Waals surface area contributed by atoms with Crippen LogP contribution in [0.1, 0.15) is 45.2 Å². The molecule has 0 aliphatic carbocycles. The summed E-state index contributed by atoms with van der Waals surface area (Å²) in [5.74, 6) is -0.233. The van der Waals surface area contributed by atoms with Gasteiger partial charge >= 0.3 is 0 Å². The third kappa shape index (κ3) is 5.30. The molecule has 0 radical (unpaired) electrons. The fourth-order valence-electron chi connectivity index (χ4n) is 5.95. The first-order chi connectivity index (χ1) is 18.1. The maximum absolute atomic E-state index is 14.1. The Balaban J connectivity index is 1.23. The van der Waals surface area contributed by atoms with E-state index in [1.807, 2.05) is 39.0 Å². The highest BCUT2D eigenvalue weighted by molar-refractivity contribution is 7.89. The molecule has 1 atom stereocenters. The molecule has 2 aliphatic rings. The lowest BCUT2D eigenvalue weighted by Crippen LogP contribution is -2.51. The molecule has 3 heterocycles. The molecule has 1 fully saturated rings. The molecular formula is C29H34FN3O3S2. The second kappa shape index (κ2) is 10.9. The Labute approximate surface area is 228 Å². The van der Waals surface area contributed by atoms with Crippen LogP contribution >= 0.6 is 11.3 Å². The van der Waals surface area contributed by atoms with Crippen LogP contribution in [0.25, 0.3) is 0 Å². The Bertz CT molecular complexity index is 1420. The van der Waals surface area contributed by atoms with Crippen molar-refractivity contribution >= 4 is 27.3 Å². The summed E-state index contributed by atoms with van der Waals surface area (Å²) < 4.78 is 42.4. The summed E-state index contributed by atoms with van der Waals surface area (Å²) in [6, 6.07) is 12.6. The number of fused-ring (bicyclic) bond motifs is 1. The number of thiophene rings is 1. The molecular weight excluding hydrogens is 521 g/mol. The lowest BCUT2D eigenvalue weighted by Gasteiger charge is -2.37. The van der Waals surface area contributed by atoms with E-state index in [1.165, 1.54) is 20.8 Å². The maximum Gasteiger partial charge on any atom is 0.243 e. The van der Waals surface area contributed by atoms with Crippen LogP contribution in [0, 0.1) is 26.6 Å². The molecule has 38 heavy (non-hydrogen) atoms. The molecule has 1 saturated heterocycles. The number of aryl methyl sites for hydroxylation is 3. The van der Waals surface area contributed by atoms with Crippen molar-refractivity contribution in [2.45, 2.75) is 44.6 Å². The number of carbonyl (C=O) groups is 1. The van der Waals surface area contributed by atoms with Crippen LogP contribution in [0.5, 0.6) is 0 Å². The second-order valence-electron chi connectivity index (χ2n) is 10.3. The van der Waals surface area contributed by atoms with Gasteiger partial charge in [-0.1, -0.05) is 29.8 Å². The highest BCUT2D eigenvalue weighted by atomic mass is 32.2. The zero-order valence-electron chi connectivity index (χ0n) is 22.1. The number of sulfonamides is 1. The van der Waals surface area contributed by atoms with Crippen molar-refractivity contribution in [2.75, 3.05) is 39.3 Å². The number of amides is 1. The summed E-state index contributed by atoms with van der Waals surface area (Å²) >= 11 is 1.73. The van der Waals surface area contributed by atoms with E-state index in [4.69, 9.17) is 0 Å². The fraction of sp³-hybridized carbons (Fsp3) is 0.414. The predicted molar refractivity (Wildman–Crippen MR) is 148 cm³/mol. The smallest absolute Gasteiger partial charge is 0.243 e. The molecule has 0 N–H and O–H groups in total. The molecule has 0 spiro atoms. The van der Waals surface area contributed by atoms with Crippen molar-refractivity contribution in [1.29, 1.82) is 0 Å². The zero-order chi connectivity index (χ0) is 27.0. The van der Waals surface area contributed by atoms with E-state index in [9.17, 15) is 17.6 Å². The first-order valence-electron chi connectivity index (χ1n) is 13.1. The average Bonchev–Trinajstić information content (AvgIpc) is 3.35. The third-order valence-corrected chi connectivity index (χ3v) is 10.8.